The molecule has 0 spiro atoms. The van der Waals surface area contributed by atoms with Crippen LogP contribution in [0.1, 0.15) is 40.5 Å². The molecule has 0 radical (unpaired) electrons. The van der Waals surface area contributed by atoms with Crippen molar-refractivity contribution in [3.8, 4) is 0 Å². The van der Waals surface area contributed by atoms with Gasteiger partial charge < -0.3 is 15.3 Å². The molecule has 0 saturated carbocycles. The summed E-state index contributed by atoms with van der Waals surface area (Å²) < 4.78 is 23.0. The summed E-state index contributed by atoms with van der Waals surface area (Å²) in [5, 5.41) is 11.5. The lowest BCUT2D eigenvalue weighted by Crippen LogP contribution is -2.46. The quantitative estimate of drug-likeness (QED) is 0.659. The molecule has 1 aliphatic heterocycles. The lowest BCUT2D eigenvalue weighted by Gasteiger charge is -2.32. The van der Waals surface area contributed by atoms with E-state index >= 15 is 0 Å². The molecule has 24 heavy (non-hydrogen) atoms. The van der Waals surface area contributed by atoms with Gasteiger partial charge in [-0.1, -0.05) is 6.92 Å². The number of sulfone groups is 1. The van der Waals surface area contributed by atoms with Crippen LogP contribution in [0.3, 0.4) is 0 Å². The molecule has 2 amide bonds. The molecule has 1 fully saturated rings. The number of amides is 2. The largest absolute Gasteiger partial charge is 0.480 e. The predicted molar refractivity (Wildman–Crippen MR) is 88.1 cm³/mol. The third-order valence-corrected chi connectivity index (χ3v) is 5.81. The molecular weight excluding hydrogens is 336 g/mol. The van der Waals surface area contributed by atoms with Crippen molar-refractivity contribution in [2.45, 2.75) is 52.1 Å². The van der Waals surface area contributed by atoms with Gasteiger partial charge in [0.1, 0.15) is 15.9 Å². The highest BCUT2D eigenvalue weighted by atomic mass is 32.2. The highest BCUT2D eigenvalue weighted by molar-refractivity contribution is 7.91. The van der Waals surface area contributed by atoms with Crippen LogP contribution in [0.5, 0.6) is 0 Å². The van der Waals surface area contributed by atoms with Crippen molar-refractivity contribution in [3.05, 3.63) is 0 Å². The number of carboxylic acids is 1. The van der Waals surface area contributed by atoms with E-state index in [9.17, 15) is 27.9 Å². The fourth-order valence-electron chi connectivity index (χ4n) is 2.52. The molecule has 0 aromatic rings. The summed E-state index contributed by atoms with van der Waals surface area (Å²) in [5.41, 5.74) is -0.409. The molecule has 1 saturated heterocycles. The molecule has 0 aliphatic carbocycles. The van der Waals surface area contributed by atoms with E-state index in [2.05, 4.69) is 5.32 Å². The van der Waals surface area contributed by atoms with Crippen LogP contribution in [0.25, 0.3) is 0 Å². The second-order valence-electron chi connectivity index (χ2n) is 7.00. The molecule has 138 valence electrons. The number of carbonyl (C=O) groups is 3. The molecular formula is C15H26N2O6S. The number of rotatable bonds is 7. The number of aliphatic carboxylic acids is 1. The van der Waals surface area contributed by atoms with E-state index in [0.29, 0.717) is 0 Å². The highest BCUT2D eigenvalue weighted by Gasteiger charge is 2.40. The summed E-state index contributed by atoms with van der Waals surface area (Å²) in [5.74, 6) is -2.98. The fraction of sp³-hybridized carbons (Fsp3) is 0.800. The van der Waals surface area contributed by atoms with Crippen molar-refractivity contribution in [2.24, 2.45) is 5.92 Å². The number of likely N-dealkylation sites (tertiary alicyclic amines) is 1. The summed E-state index contributed by atoms with van der Waals surface area (Å²) in [6.45, 7) is 7.30. The van der Waals surface area contributed by atoms with Crippen LogP contribution in [-0.2, 0) is 24.2 Å². The minimum absolute atomic E-state index is 0.0305. The van der Waals surface area contributed by atoms with Gasteiger partial charge in [-0.25, -0.2) is 13.2 Å². The molecule has 2 N–H and O–H groups in total. The van der Waals surface area contributed by atoms with Crippen LogP contribution < -0.4 is 5.32 Å². The first kappa shape index (κ1) is 20.4. The number of nitrogens with one attached hydrogen (secondary N) is 1. The molecule has 0 bridgehead atoms. The molecule has 0 aromatic heterocycles. The summed E-state index contributed by atoms with van der Waals surface area (Å²) in [7, 11) is -3.32. The number of carbonyl (C=O) groups excluding carboxylic acids is 2. The van der Waals surface area contributed by atoms with E-state index in [-0.39, 0.29) is 36.8 Å². The Labute approximate surface area is 142 Å². The second-order valence-corrected chi connectivity index (χ2v) is 9.47. The van der Waals surface area contributed by atoms with Crippen molar-refractivity contribution >= 4 is 27.6 Å². The maximum Gasteiger partial charge on any atom is 0.326 e. The van der Waals surface area contributed by atoms with E-state index in [1.807, 2.05) is 20.8 Å². The molecule has 1 rings (SSSR count). The van der Waals surface area contributed by atoms with Gasteiger partial charge in [-0.3, -0.25) is 9.59 Å². The Kier molecular flexibility index (Phi) is 6.38. The zero-order valence-electron chi connectivity index (χ0n) is 14.5. The standard InChI is InChI=1S/C15H26N2O6S/c1-5-24(22,23)7-6-11(14(20)21)16-13(19)10-8-12(18)17(9-10)15(2,3)4/h10-11H,5-9H2,1-4H3,(H,16,19)(H,20,21). The molecule has 2 atom stereocenters. The van der Waals surface area contributed by atoms with E-state index in [4.69, 9.17) is 0 Å². The van der Waals surface area contributed by atoms with Crippen LogP contribution in [-0.4, -0.2) is 65.8 Å². The van der Waals surface area contributed by atoms with Gasteiger partial charge in [0.05, 0.1) is 11.7 Å². The Morgan fingerprint density at radius 2 is 1.96 bits per heavy atom. The minimum Gasteiger partial charge on any atom is -0.480 e. The summed E-state index contributed by atoms with van der Waals surface area (Å²) in [6.07, 6.45) is -0.163. The normalized spacial score (nSPS) is 20.1. The van der Waals surface area contributed by atoms with Gasteiger partial charge in [-0.05, 0) is 27.2 Å². The molecule has 9 heteroatoms. The first-order valence-electron chi connectivity index (χ1n) is 7.91. The smallest absolute Gasteiger partial charge is 0.326 e. The molecule has 2 unspecified atom stereocenters. The number of nitrogens with zero attached hydrogens (tertiary/aromatic N) is 1. The molecule has 1 aliphatic rings. The Morgan fingerprint density at radius 1 is 1.38 bits per heavy atom. The minimum atomic E-state index is -3.32. The van der Waals surface area contributed by atoms with Crippen LogP contribution in [0.2, 0.25) is 0 Å². The Morgan fingerprint density at radius 3 is 2.38 bits per heavy atom. The van der Waals surface area contributed by atoms with Gasteiger partial charge in [0.15, 0.2) is 0 Å². The van der Waals surface area contributed by atoms with Gasteiger partial charge in [0.25, 0.3) is 0 Å². The van der Waals surface area contributed by atoms with Crippen LogP contribution in [0, 0.1) is 5.92 Å². The van der Waals surface area contributed by atoms with Crippen LogP contribution in [0.15, 0.2) is 0 Å². The summed E-state index contributed by atoms with van der Waals surface area (Å²) >= 11 is 0. The summed E-state index contributed by atoms with van der Waals surface area (Å²) in [4.78, 5) is 37.1. The molecule has 0 aromatic carbocycles. The highest BCUT2D eigenvalue weighted by Crippen LogP contribution is 2.26. The Bertz CT molecular complexity index is 608. The van der Waals surface area contributed by atoms with E-state index < -0.39 is 39.2 Å². The Balaban J connectivity index is 2.70. The maximum atomic E-state index is 12.3. The van der Waals surface area contributed by atoms with Crippen molar-refractivity contribution < 1.29 is 27.9 Å². The lowest BCUT2D eigenvalue weighted by atomic mass is 10.1. The van der Waals surface area contributed by atoms with E-state index in [1.54, 1.807) is 4.90 Å². The molecule has 1 heterocycles. The van der Waals surface area contributed by atoms with Gasteiger partial charge >= 0.3 is 5.97 Å². The predicted octanol–water partition coefficient (Wildman–Crippen LogP) is 0.0276. The third kappa shape index (κ3) is 5.47. The number of hydrogen-bond donors (Lipinski definition) is 2. The fourth-order valence-corrected chi connectivity index (χ4v) is 3.40. The van der Waals surface area contributed by atoms with Crippen molar-refractivity contribution in [1.82, 2.24) is 10.2 Å². The molecule has 8 nitrogen and oxygen atoms in total. The zero-order chi connectivity index (χ0) is 18.7. The third-order valence-electron chi connectivity index (χ3n) is 4.08. The monoisotopic (exact) mass is 362 g/mol. The van der Waals surface area contributed by atoms with Crippen molar-refractivity contribution in [1.29, 1.82) is 0 Å². The average Bonchev–Trinajstić information content (AvgIpc) is 2.85. The lowest BCUT2D eigenvalue weighted by molar-refractivity contribution is -0.142. The van der Waals surface area contributed by atoms with Crippen LogP contribution in [0.4, 0.5) is 0 Å². The zero-order valence-corrected chi connectivity index (χ0v) is 15.4. The summed E-state index contributed by atoms with van der Waals surface area (Å²) in [6, 6.07) is -1.28. The topological polar surface area (TPSA) is 121 Å². The number of carboxylic acid groups (broad SMARTS) is 1. The average molecular weight is 362 g/mol. The maximum absolute atomic E-state index is 12.3. The first-order chi connectivity index (χ1) is 10.9. The SMILES string of the molecule is CCS(=O)(=O)CCC(NC(=O)C1CC(=O)N(C(C)(C)C)C1)C(=O)O. The number of hydrogen-bond acceptors (Lipinski definition) is 5. The first-order valence-corrected chi connectivity index (χ1v) is 9.73. The van der Waals surface area contributed by atoms with Gasteiger partial charge in [0.2, 0.25) is 11.8 Å². The Hall–Kier alpha value is -1.64. The van der Waals surface area contributed by atoms with Gasteiger partial charge in [0, 0.05) is 24.3 Å². The van der Waals surface area contributed by atoms with Gasteiger partial charge in [-0.15, -0.1) is 0 Å². The van der Waals surface area contributed by atoms with E-state index in [0.717, 1.165) is 0 Å². The second kappa shape index (κ2) is 7.50. The van der Waals surface area contributed by atoms with Gasteiger partial charge in [-0.2, -0.15) is 0 Å². The van der Waals surface area contributed by atoms with E-state index in [1.165, 1.54) is 6.92 Å². The van der Waals surface area contributed by atoms with Crippen molar-refractivity contribution in [3.63, 3.8) is 0 Å². The van der Waals surface area contributed by atoms with Crippen molar-refractivity contribution in [2.75, 3.05) is 18.1 Å². The van der Waals surface area contributed by atoms with Crippen LogP contribution >= 0.6 is 0 Å².